The fourth-order valence-electron chi connectivity index (χ4n) is 2.26. The molecule has 0 bridgehead atoms. The molecule has 1 aromatic rings. The van der Waals surface area contributed by atoms with Crippen LogP contribution in [0.25, 0.3) is 0 Å². The molecule has 0 radical (unpaired) electrons. The van der Waals surface area contributed by atoms with Crippen LogP contribution in [0, 0.1) is 11.8 Å². The molecule has 4 nitrogen and oxygen atoms in total. The van der Waals surface area contributed by atoms with E-state index in [1.165, 1.54) is 0 Å². The van der Waals surface area contributed by atoms with Gasteiger partial charge in [-0.1, -0.05) is 26.0 Å². The van der Waals surface area contributed by atoms with Crippen LogP contribution in [0.5, 0.6) is 0 Å². The molecule has 100 valence electrons. The van der Waals surface area contributed by atoms with Gasteiger partial charge in [0, 0.05) is 19.6 Å². The number of sulfonamides is 1. The second kappa shape index (κ2) is 4.99. The second-order valence-corrected chi connectivity index (χ2v) is 7.07. The Morgan fingerprint density at radius 2 is 1.89 bits per heavy atom. The van der Waals surface area contributed by atoms with Crippen molar-refractivity contribution in [3.05, 3.63) is 29.8 Å². The summed E-state index contributed by atoms with van der Waals surface area (Å²) in [6.45, 7) is 5.76. The van der Waals surface area contributed by atoms with E-state index in [4.69, 9.17) is 5.73 Å². The molecular weight excluding hydrogens is 248 g/mol. The Morgan fingerprint density at radius 1 is 1.28 bits per heavy atom. The van der Waals surface area contributed by atoms with Crippen molar-refractivity contribution >= 4 is 10.0 Å². The molecule has 1 fully saturated rings. The van der Waals surface area contributed by atoms with E-state index in [0.29, 0.717) is 36.4 Å². The fraction of sp³-hybridized carbons (Fsp3) is 0.538. The van der Waals surface area contributed by atoms with Crippen molar-refractivity contribution in [1.82, 2.24) is 4.31 Å². The molecule has 1 aliphatic heterocycles. The monoisotopic (exact) mass is 268 g/mol. The van der Waals surface area contributed by atoms with E-state index in [1.54, 1.807) is 22.5 Å². The van der Waals surface area contributed by atoms with Crippen molar-refractivity contribution in [3.8, 4) is 0 Å². The summed E-state index contributed by atoms with van der Waals surface area (Å²) in [4.78, 5) is 0.353. The van der Waals surface area contributed by atoms with Gasteiger partial charge in [0.05, 0.1) is 4.90 Å². The second-order valence-electron chi connectivity index (χ2n) is 5.13. The Hall–Kier alpha value is -0.910. The predicted octanol–water partition coefficient (Wildman–Crippen LogP) is 1.42. The zero-order valence-electron chi connectivity index (χ0n) is 10.8. The summed E-state index contributed by atoms with van der Waals surface area (Å²) < 4.78 is 26.5. The molecule has 0 spiro atoms. The van der Waals surface area contributed by atoms with E-state index in [9.17, 15) is 8.42 Å². The van der Waals surface area contributed by atoms with Crippen LogP contribution in [0.4, 0.5) is 0 Å². The quantitative estimate of drug-likeness (QED) is 0.902. The Labute approximate surface area is 109 Å². The lowest BCUT2D eigenvalue weighted by Gasteiger charge is -2.16. The van der Waals surface area contributed by atoms with Crippen LogP contribution in [0.15, 0.2) is 29.2 Å². The van der Waals surface area contributed by atoms with Gasteiger partial charge in [0.25, 0.3) is 0 Å². The highest BCUT2D eigenvalue weighted by Crippen LogP contribution is 2.28. The van der Waals surface area contributed by atoms with Crippen molar-refractivity contribution in [2.24, 2.45) is 17.6 Å². The molecule has 1 saturated heterocycles. The molecule has 0 aromatic heterocycles. The molecule has 1 aliphatic rings. The number of hydrogen-bond donors (Lipinski definition) is 1. The van der Waals surface area contributed by atoms with Gasteiger partial charge in [-0.25, -0.2) is 8.42 Å². The van der Waals surface area contributed by atoms with Gasteiger partial charge in [-0.05, 0) is 29.5 Å². The molecule has 0 amide bonds. The minimum atomic E-state index is -3.36. The lowest BCUT2D eigenvalue weighted by molar-refractivity contribution is 0.463. The maximum atomic E-state index is 12.5. The number of rotatable bonds is 3. The largest absolute Gasteiger partial charge is 0.326 e. The van der Waals surface area contributed by atoms with Gasteiger partial charge in [-0.3, -0.25) is 0 Å². The van der Waals surface area contributed by atoms with E-state index >= 15 is 0 Å². The zero-order chi connectivity index (χ0) is 13.3. The third kappa shape index (κ3) is 2.43. The summed E-state index contributed by atoms with van der Waals surface area (Å²) in [7, 11) is -3.36. The first-order valence-electron chi connectivity index (χ1n) is 6.24. The summed E-state index contributed by atoms with van der Waals surface area (Å²) in [5.74, 6) is 0.829. The number of nitrogens with two attached hydrogens (primary N) is 1. The third-order valence-corrected chi connectivity index (χ3v) is 5.55. The van der Waals surface area contributed by atoms with E-state index in [0.717, 1.165) is 5.56 Å². The molecule has 2 N–H and O–H groups in total. The van der Waals surface area contributed by atoms with E-state index in [2.05, 4.69) is 13.8 Å². The van der Waals surface area contributed by atoms with Gasteiger partial charge < -0.3 is 5.73 Å². The van der Waals surface area contributed by atoms with Crippen LogP contribution in [-0.4, -0.2) is 25.8 Å². The summed E-state index contributed by atoms with van der Waals surface area (Å²) in [6, 6.07) is 6.90. The summed E-state index contributed by atoms with van der Waals surface area (Å²) in [5.41, 5.74) is 6.39. The SMILES string of the molecule is CC1CN(S(=O)(=O)c2cccc(CN)c2)CC1C. The molecule has 5 heteroatoms. The first-order chi connectivity index (χ1) is 8.45. The topological polar surface area (TPSA) is 63.4 Å². The van der Waals surface area contributed by atoms with Gasteiger partial charge in [-0.15, -0.1) is 0 Å². The van der Waals surface area contributed by atoms with Crippen molar-refractivity contribution in [3.63, 3.8) is 0 Å². The highest BCUT2D eigenvalue weighted by molar-refractivity contribution is 7.89. The number of hydrogen-bond acceptors (Lipinski definition) is 3. The van der Waals surface area contributed by atoms with Crippen LogP contribution in [-0.2, 0) is 16.6 Å². The normalized spacial score (nSPS) is 25.5. The number of nitrogens with zero attached hydrogens (tertiary/aromatic N) is 1. The number of benzene rings is 1. The standard InChI is InChI=1S/C13H20N2O2S/c1-10-8-15(9-11(10)2)18(16,17)13-5-3-4-12(6-13)7-14/h3-6,10-11H,7-9,14H2,1-2H3. The van der Waals surface area contributed by atoms with Crippen LogP contribution in [0.2, 0.25) is 0 Å². The maximum absolute atomic E-state index is 12.5. The van der Waals surface area contributed by atoms with Gasteiger partial charge in [0.15, 0.2) is 0 Å². The fourth-order valence-corrected chi connectivity index (χ4v) is 3.97. The molecule has 2 atom stereocenters. The highest BCUT2D eigenvalue weighted by atomic mass is 32.2. The first-order valence-corrected chi connectivity index (χ1v) is 7.68. The van der Waals surface area contributed by atoms with Crippen molar-refractivity contribution < 1.29 is 8.42 Å². The molecule has 0 saturated carbocycles. The molecule has 2 rings (SSSR count). The molecule has 2 unspecified atom stereocenters. The van der Waals surface area contributed by atoms with Crippen LogP contribution in [0.1, 0.15) is 19.4 Å². The smallest absolute Gasteiger partial charge is 0.243 e. The Kier molecular flexibility index (Phi) is 3.75. The van der Waals surface area contributed by atoms with Crippen LogP contribution >= 0.6 is 0 Å². The van der Waals surface area contributed by atoms with Gasteiger partial charge in [0.1, 0.15) is 0 Å². The highest BCUT2D eigenvalue weighted by Gasteiger charge is 2.34. The first kappa shape index (κ1) is 13.5. The van der Waals surface area contributed by atoms with E-state index in [1.807, 2.05) is 6.07 Å². The summed E-state index contributed by atoms with van der Waals surface area (Å²) in [5, 5.41) is 0. The minimum absolute atomic E-state index is 0.353. The Balaban J connectivity index is 2.31. The Bertz CT molecular complexity index is 518. The Morgan fingerprint density at radius 3 is 2.44 bits per heavy atom. The average Bonchev–Trinajstić information content (AvgIpc) is 2.70. The molecule has 1 aromatic carbocycles. The minimum Gasteiger partial charge on any atom is -0.326 e. The summed E-state index contributed by atoms with van der Waals surface area (Å²) >= 11 is 0. The van der Waals surface area contributed by atoms with Crippen LogP contribution in [0.3, 0.4) is 0 Å². The molecule has 1 heterocycles. The lowest BCUT2D eigenvalue weighted by atomic mass is 10.0. The zero-order valence-corrected chi connectivity index (χ0v) is 11.7. The van der Waals surface area contributed by atoms with Gasteiger partial charge >= 0.3 is 0 Å². The molecule has 18 heavy (non-hydrogen) atoms. The van der Waals surface area contributed by atoms with E-state index < -0.39 is 10.0 Å². The molecular formula is C13H20N2O2S. The third-order valence-electron chi connectivity index (χ3n) is 3.73. The van der Waals surface area contributed by atoms with Crippen LogP contribution < -0.4 is 5.73 Å². The van der Waals surface area contributed by atoms with E-state index in [-0.39, 0.29) is 0 Å². The predicted molar refractivity (Wildman–Crippen MR) is 71.4 cm³/mol. The average molecular weight is 268 g/mol. The van der Waals surface area contributed by atoms with Crippen molar-refractivity contribution in [2.75, 3.05) is 13.1 Å². The maximum Gasteiger partial charge on any atom is 0.243 e. The molecule has 0 aliphatic carbocycles. The van der Waals surface area contributed by atoms with Crippen molar-refractivity contribution in [2.45, 2.75) is 25.3 Å². The van der Waals surface area contributed by atoms with Gasteiger partial charge in [0.2, 0.25) is 10.0 Å². The summed E-state index contributed by atoms with van der Waals surface area (Å²) in [6.07, 6.45) is 0. The lowest BCUT2D eigenvalue weighted by Crippen LogP contribution is -2.29. The van der Waals surface area contributed by atoms with Gasteiger partial charge in [-0.2, -0.15) is 4.31 Å². The van der Waals surface area contributed by atoms with Crippen molar-refractivity contribution in [1.29, 1.82) is 0 Å².